The Morgan fingerprint density at radius 2 is 1.71 bits per heavy atom. The number of rotatable bonds is 2. The molecule has 1 aliphatic rings. The molecule has 4 heteroatoms. The van der Waals surface area contributed by atoms with Crippen molar-refractivity contribution in [3.05, 3.63) is 65.3 Å². The minimum Gasteiger partial charge on any atom is -0.383 e. The summed E-state index contributed by atoms with van der Waals surface area (Å²) < 4.78 is 0. The third-order valence-corrected chi connectivity index (χ3v) is 3.59. The molecule has 0 radical (unpaired) electrons. The van der Waals surface area contributed by atoms with Crippen molar-refractivity contribution < 1.29 is 4.79 Å². The highest BCUT2D eigenvalue weighted by Crippen LogP contribution is 2.41. The predicted octanol–water partition coefficient (Wildman–Crippen LogP) is 3.92. The molecule has 2 aromatic carbocycles. The maximum Gasteiger partial charge on any atom is 0.265 e. The number of hydrogen-bond donors (Lipinski definition) is 0. The third-order valence-electron chi connectivity index (χ3n) is 3.34. The van der Waals surface area contributed by atoms with Crippen LogP contribution in [0.5, 0.6) is 0 Å². The number of halogens is 1. The Morgan fingerprint density at radius 1 is 1.05 bits per heavy atom. The molecule has 1 heterocycles. The van der Waals surface area contributed by atoms with Gasteiger partial charge in [-0.05, 0) is 30.3 Å². The maximum absolute atomic E-state index is 12.8. The molecule has 3 rings (SSSR count). The van der Waals surface area contributed by atoms with E-state index in [4.69, 9.17) is 11.6 Å². The van der Waals surface area contributed by atoms with Crippen LogP contribution in [0.25, 0.3) is 5.57 Å². The average Bonchev–Trinajstić information content (AvgIpc) is 2.73. The van der Waals surface area contributed by atoms with Gasteiger partial charge in [0.15, 0.2) is 0 Å². The first-order chi connectivity index (χ1) is 10.1. The number of carbonyl (C=O) groups is 1. The highest BCUT2D eigenvalue weighted by atomic mass is 35.5. The number of hydrogen-bond acceptors (Lipinski definition) is 2. The Balaban J connectivity index is 2.15. The van der Waals surface area contributed by atoms with Crippen molar-refractivity contribution in [3.63, 3.8) is 0 Å². The fourth-order valence-electron chi connectivity index (χ4n) is 2.47. The molecule has 0 aliphatic carbocycles. The van der Waals surface area contributed by atoms with E-state index < -0.39 is 0 Å². The lowest BCUT2D eigenvalue weighted by Crippen LogP contribution is -2.21. The molecule has 2 aromatic rings. The normalized spacial score (nSPS) is 15.5. The molecule has 0 spiro atoms. The molecule has 0 N–H and O–H groups in total. The molecular weight excluding hydrogens is 284 g/mol. The lowest BCUT2D eigenvalue weighted by molar-refractivity contribution is -0.112. The van der Waals surface area contributed by atoms with Crippen LogP contribution in [0.3, 0.4) is 0 Å². The van der Waals surface area contributed by atoms with Crippen LogP contribution in [0.1, 0.15) is 5.56 Å². The average molecular weight is 299 g/mol. The minimum atomic E-state index is -0.0211. The van der Waals surface area contributed by atoms with Crippen molar-refractivity contribution in [2.75, 3.05) is 19.0 Å². The SMILES string of the molecule is CN(C)/C=C1\C(=O)N(c2ccc(Cl)cc2)c2ccccc21. The summed E-state index contributed by atoms with van der Waals surface area (Å²) in [7, 11) is 3.82. The number of fused-ring (bicyclic) bond motifs is 1. The molecule has 3 nitrogen and oxygen atoms in total. The number of anilines is 2. The summed E-state index contributed by atoms with van der Waals surface area (Å²) in [4.78, 5) is 16.4. The number of nitrogens with zero attached hydrogens (tertiary/aromatic N) is 2. The summed E-state index contributed by atoms with van der Waals surface area (Å²) in [5, 5.41) is 0.655. The van der Waals surface area contributed by atoms with Crippen LogP contribution < -0.4 is 4.90 Å². The first kappa shape index (κ1) is 13.7. The van der Waals surface area contributed by atoms with Gasteiger partial charge in [0.2, 0.25) is 0 Å². The van der Waals surface area contributed by atoms with E-state index in [0.29, 0.717) is 10.6 Å². The lowest BCUT2D eigenvalue weighted by atomic mass is 10.1. The van der Waals surface area contributed by atoms with Crippen molar-refractivity contribution >= 4 is 34.5 Å². The molecule has 106 valence electrons. The summed E-state index contributed by atoms with van der Waals surface area (Å²) >= 11 is 5.93. The third kappa shape index (κ3) is 2.41. The van der Waals surface area contributed by atoms with E-state index in [2.05, 4.69) is 0 Å². The molecule has 21 heavy (non-hydrogen) atoms. The van der Waals surface area contributed by atoms with Crippen LogP contribution in [0.4, 0.5) is 11.4 Å². The van der Waals surface area contributed by atoms with Crippen LogP contribution in [0, 0.1) is 0 Å². The number of amides is 1. The van der Waals surface area contributed by atoms with Gasteiger partial charge in [-0.2, -0.15) is 0 Å². The first-order valence-corrected chi connectivity index (χ1v) is 7.03. The van der Waals surface area contributed by atoms with E-state index in [9.17, 15) is 4.79 Å². The Kier molecular flexibility index (Phi) is 3.43. The van der Waals surface area contributed by atoms with Gasteiger partial charge in [-0.15, -0.1) is 0 Å². The zero-order valence-electron chi connectivity index (χ0n) is 11.9. The summed E-state index contributed by atoms with van der Waals surface area (Å²) in [5.74, 6) is -0.0211. The van der Waals surface area contributed by atoms with Crippen molar-refractivity contribution in [3.8, 4) is 0 Å². The standard InChI is InChI=1S/C17H15ClN2O/c1-19(2)11-15-14-5-3-4-6-16(14)20(17(15)21)13-9-7-12(18)8-10-13/h3-11H,1-2H3/b15-11-. The van der Waals surface area contributed by atoms with Crippen LogP contribution in [-0.4, -0.2) is 24.9 Å². The van der Waals surface area contributed by atoms with E-state index in [1.807, 2.05) is 61.6 Å². The van der Waals surface area contributed by atoms with Crippen LogP contribution in [0.2, 0.25) is 5.02 Å². The van der Waals surface area contributed by atoms with Crippen molar-refractivity contribution in [2.24, 2.45) is 0 Å². The molecule has 0 aromatic heterocycles. The van der Waals surface area contributed by atoms with Crippen LogP contribution in [-0.2, 0) is 4.79 Å². The summed E-state index contributed by atoms with van der Waals surface area (Å²) in [6.07, 6.45) is 1.86. The molecular formula is C17H15ClN2O. The first-order valence-electron chi connectivity index (χ1n) is 6.65. The molecule has 1 aliphatic heterocycles. The van der Waals surface area contributed by atoms with Gasteiger partial charge in [0, 0.05) is 36.6 Å². The largest absolute Gasteiger partial charge is 0.383 e. The summed E-state index contributed by atoms with van der Waals surface area (Å²) in [5.41, 5.74) is 3.37. The van der Waals surface area contributed by atoms with Gasteiger partial charge in [0.1, 0.15) is 0 Å². The summed E-state index contributed by atoms with van der Waals surface area (Å²) in [6.45, 7) is 0. The lowest BCUT2D eigenvalue weighted by Gasteiger charge is -2.17. The van der Waals surface area contributed by atoms with Crippen LogP contribution >= 0.6 is 11.6 Å². The van der Waals surface area contributed by atoms with Gasteiger partial charge in [-0.3, -0.25) is 9.69 Å². The fourth-order valence-corrected chi connectivity index (χ4v) is 2.60. The Hall–Kier alpha value is -2.26. The van der Waals surface area contributed by atoms with E-state index in [1.165, 1.54) is 0 Å². The maximum atomic E-state index is 12.8. The molecule has 0 bridgehead atoms. The molecule has 1 amide bonds. The van der Waals surface area contributed by atoms with E-state index >= 15 is 0 Å². The highest BCUT2D eigenvalue weighted by molar-refractivity contribution is 6.35. The fraction of sp³-hybridized carbons (Fsp3) is 0.118. The monoisotopic (exact) mass is 298 g/mol. The minimum absolute atomic E-state index is 0.0211. The molecule has 0 saturated heterocycles. The van der Waals surface area contributed by atoms with Crippen molar-refractivity contribution in [1.29, 1.82) is 0 Å². The highest BCUT2D eigenvalue weighted by Gasteiger charge is 2.33. The van der Waals surface area contributed by atoms with E-state index in [0.717, 1.165) is 16.9 Å². The van der Waals surface area contributed by atoms with E-state index in [-0.39, 0.29) is 5.91 Å². The zero-order valence-corrected chi connectivity index (χ0v) is 12.6. The van der Waals surface area contributed by atoms with Crippen molar-refractivity contribution in [1.82, 2.24) is 4.90 Å². The van der Waals surface area contributed by atoms with Gasteiger partial charge in [-0.1, -0.05) is 29.8 Å². The predicted molar refractivity (Wildman–Crippen MR) is 86.7 cm³/mol. The zero-order chi connectivity index (χ0) is 15.0. The topological polar surface area (TPSA) is 23.6 Å². The van der Waals surface area contributed by atoms with Crippen LogP contribution in [0.15, 0.2) is 54.7 Å². The van der Waals surface area contributed by atoms with Gasteiger partial charge < -0.3 is 4.90 Å². The Labute approximate surface area is 129 Å². The smallest absolute Gasteiger partial charge is 0.265 e. The molecule has 0 saturated carbocycles. The number of para-hydroxylation sites is 1. The Morgan fingerprint density at radius 3 is 2.38 bits per heavy atom. The van der Waals surface area contributed by atoms with E-state index in [1.54, 1.807) is 17.0 Å². The molecule has 0 unspecified atom stereocenters. The number of benzene rings is 2. The quantitative estimate of drug-likeness (QED) is 0.785. The second-order valence-corrected chi connectivity index (χ2v) is 5.58. The molecule has 0 atom stereocenters. The van der Waals surface area contributed by atoms with Gasteiger partial charge in [-0.25, -0.2) is 0 Å². The second-order valence-electron chi connectivity index (χ2n) is 5.14. The molecule has 0 fully saturated rings. The van der Waals surface area contributed by atoms with Gasteiger partial charge >= 0.3 is 0 Å². The van der Waals surface area contributed by atoms with Gasteiger partial charge in [0.05, 0.1) is 11.3 Å². The number of carbonyl (C=O) groups excluding carboxylic acids is 1. The van der Waals surface area contributed by atoms with Gasteiger partial charge in [0.25, 0.3) is 5.91 Å². The summed E-state index contributed by atoms with van der Waals surface area (Å²) in [6, 6.07) is 15.1. The van der Waals surface area contributed by atoms with Crippen molar-refractivity contribution in [2.45, 2.75) is 0 Å². The Bertz CT molecular complexity index is 720. The second kappa shape index (κ2) is 5.26.